The predicted octanol–water partition coefficient (Wildman–Crippen LogP) is 1.75. The zero-order chi connectivity index (χ0) is 12.1. The van der Waals surface area contributed by atoms with Crippen molar-refractivity contribution in [3.63, 3.8) is 0 Å². The molecule has 1 amide bonds. The molecule has 0 unspecified atom stereocenters. The standard InChI is InChI=1S/C12H10N2O3/c15-10-5-3-9(4-6-10)12(16)14-13-8-11-2-1-7-17-11/h1-8,15H,(H,14,16). The lowest BCUT2D eigenvalue weighted by atomic mass is 10.2. The van der Waals surface area contributed by atoms with Gasteiger partial charge in [0.25, 0.3) is 5.91 Å². The summed E-state index contributed by atoms with van der Waals surface area (Å²) in [5.74, 6) is 0.310. The number of phenolic OH excluding ortho intramolecular Hbond substituents is 1. The van der Waals surface area contributed by atoms with Crippen LogP contribution in [0.15, 0.2) is 52.2 Å². The van der Waals surface area contributed by atoms with Crippen LogP contribution in [0.2, 0.25) is 0 Å². The number of rotatable bonds is 3. The number of carbonyl (C=O) groups excluding carboxylic acids is 1. The van der Waals surface area contributed by atoms with Gasteiger partial charge in [-0.2, -0.15) is 5.10 Å². The largest absolute Gasteiger partial charge is 0.508 e. The summed E-state index contributed by atoms with van der Waals surface area (Å²) in [6, 6.07) is 9.33. The van der Waals surface area contributed by atoms with Crippen molar-refractivity contribution in [3.05, 3.63) is 54.0 Å². The molecule has 0 aliphatic heterocycles. The highest BCUT2D eigenvalue weighted by Crippen LogP contribution is 2.09. The monoisotopic (exact) mass is 230 g/mol. The van der Waals surface area contributed by atoms with Gasteiger partial charge in [0.15, 0.2) is 0 Å². The van der Waals surface area contributed by atoms with Crippen LogP contribution in [0, 0.1) is 0 Å². The van der Waals surface area contributed by atoms with Crippen molar-refractivity contribution in [2.45, 2.75) is 0 Å². The van der Waals surface area contributed by atoms with Gasteiger partial charge in [-0.3, -0.25) is 4.79 Å². The van der Waals surface area contributed by atoms with Crippen molar-refractivity contribution in [2.75, 3.05) is 0 Å². The zero-order valence-corrected chi connectivity index (χ0v) is 8.83. The molecule has 0 saturated heterocycles. The van der Waals surface area contributed by atoms with Crippen molar-refractivity contribution in [1.29, 1.82) is 0 Å². The van der Waals surface area contributed by atoms with Crippen LogP contribution in [0.3, 0.4) is 0 Å². The molecular formula is C12H10N2O3. The number of aromatic hydroxyl groups is 1. The normalized spacial score (nSPS) is 10.6. The number of hydrazone groups is 1. The van der Waals surface area contributed by atoms with Crippen LogP contribution in [-0.2, 0) is 0 Å². The molecule has 0 atom stereocenters. The SMILES string of the molecule is O=C(NN=Cc1ccco1)c1ccc(O)cc1. The Morgan fingerprint density at radius 3 is 2.71 bits per heavy atom. The van der Waals surface area contributed by atoms with E-state index in [-0.39, 0.29) is 11.7 Å². The lowest BCUT2D eigenvalue weighted by Crippen LogP contribution is -2.17. The smallest absolute Gasteiger partial charge is 0.271 e. The lowest BCUT2D eigenvalue weighted by molar-refractivity contribution is 0.0955. The third-order valence-corrected chi connectivity index (χ3v) is 2.03. The van der Waals surface area contributed by atoms with E-state index in [0.29, 0.717) is 11.3 Å². The van der Waals surface area contributed by atoms with E-state index in [1.165, 1.54) is 36.7 Å². The van der Waals surface area contributed by atoms with E-state index in [1.807, 2.05) is 0 Å². The summed E-state index contributed by atoms with van der Waals surface area (Å²) in [6.07, 6.45) is 2.92. The number of nitrogens with zero attached hydrogens (tertiary/aromatic N) is 1. The molecule has 2 N–H and O–H groups in total. The summed E-state index contributed by atoms with van der Waals surface area (Å²) >= 11 is 0. The van der Waals surface area contributed by atoms with E-state index in [1.54, 1.807) is 12.1 Å². The van der Waals surface area contributed by atoms with Crippen LogP contribution < -0.4 is 5.43 Å². The first-order valence-corrected chi connectivity index (χ1v) is 4.91. The van der Waals surface area contributed by atoms with Gasteiger partial charge >= 0.3 is 0 Å². The second-order valence-electron chi connectivity index (χ2n) is 3.26. The van der Waals surface area contributed by atoms with E-state index >= 15 is 0 Å². The summed E-state index contributed by atoms with van der Waals surface area (Å²) in [7, 11) is 0. The number of carbonyl (C=O) groups is 1. The van der Waals surface area contributed by atoms with Crippen molar-refractivity contribution >= 4 is 12.1 Å². The van der Waals surface area contributed by atoms with Crippen molar-refractivity contribution in [1.82, 2.24) is 5.43 Å². The van der Waals surface area contributed by atoms with Gasteiger partial charge in [-0.15, -0.1) is 0 Å². The van der Waals surface area contributed by atoms with Crippen LogP contribution in [0.5, 0.6) is 5.75 Å². The molecule has 0 radical (unpaired) electrons. The van der Waals surface area contributed by atoms with Gasteiger partial charge in [0.05, 0.1) is 12.5 Å². The molecule has 1 aromatic carbocycles. The molecule has 0 aliphatic rings. The molecular weight excluding hydrogens is 220 g/mol. The maximum Gasteiger partial charge on any atom is 0.271 e. The van der Waals surface area contributed by atoms with E-state index in [0.717, 1.165) is 0 Å². The Labute approximate surface area is 97.4 Å². The molecule has 0 bridgehead atoms. The number of nitrogens with one attached hydrogen (secondary N) is 1. The molecule has 2 rings (SSSR count). The first kappa shape index (κ1) is 10.9. The first-order valence-electron chi connectivity index (χ1n) is 4.91. The highest BCUT2D eigenvalue weighted by atomic mass is 16.3. The van der Waals surface area contributed by atoms with Gasteiger partial charge in [-0.1, -0.05) is 0 Å². The minimum atomic E-state index is -0.354. The average Bonchev–Trinajstić information content (AvgIpc) is 2.83. The number of phenols is 1. The highest BCUT2D eigenvalue weighted by molar-refractivity contribution is 5.94. The Kier molecular flexibility index (Phi) is 3.20. The van der Waals surface area contributed by atoms with E-state index < -0.39 is 0 Å². The second kappa shape index (κ2) is 4.98. The quantitative estimate of drug-likeness (QED) is 0.623. The number of hydrogen-bond donors (Lipinski definition) is 2. The fourth-order valence-electron chi connectivity index (χ4n) is 1.20. The average molecular weight is 230 g/mol. The fraction of sp³-hybridized carbons (Fsp3) is 0. The molecule has 5 nitrogen and oxygen atoms in total. The van der Waals surface area contributed by atoms with E-state index in [4.69, 9.17) is 9.52 Å². The summed E-state index contributed by atoms with van der Waals surface area (Å²) in [6.45, 7) is 0. The minimum absolute atomic E-state index is 0.112. The molecule has 0 aliphatic carbocycles. The van der Waals surface area contributed by atoms with Crippen LogP contribution >= 0.6 is 0 Å². The van der Waals surface area contributed by atoms with Crippen LogP contribution in [0.25, 0.3) is 0 Å². The van der Waals surface area contributed by atoms with Gasteiger partial charge in [-0.25, -0.2) is 5.43 Å². The van der Waals surface area contributed by atoms with Crippen molar-refractivity contribution < 1.29 is 14.3 Å². The molecule has 17 heavy (non-hydrogen) atoms. The summed E-state index contributed by atoms with van der Waals surface area (Å²) in [5.41, 5.74) is 2.76. The third kappa shape index (κ3) is 2.94. The highest BCUT2D eigenvalue weighted by Gasteiger charge is 2.03. The molecule has 0 spiro atoms. The molecule has 0 saturated carbocycles. The Balaban J connectivity index is 1.96. The van der Waals surface area contributed by atoms with Gasteiger partial charge < -0.3 is 9.52 Å². The van der Waals surface area contributed by atoms with Crippen molar-refractivity contribution in [3.8, 4) is 5.75 Å². The van der Waals surface area contributed by atoms with Gasteiger partial charge in [-0.05, 0) is 36.4 Å². The molecule has 1 heterocycles. The molecule has 2 aromatic rings. The minimum Gasteiger partial charge on any atom is -0.508 e. The number of furan rings is 1. The van der Waals surface area contributed by atoms with Crippen LogP contribution in [-0.4, -0.2) is 17.2 Å². The van der Waals surface area contributed by atoms with Gasteiger partial charge in [0.2, 0.25) is 0 Å². The van der Waals surface area contributed by atoms with Crippen LogP contribution in [0.4, 0.5) is 0 Å². The molecule has 0 fully saturated rings. The Hall–Kier alpha value is -2.56. The first-order chi connectivity index (χ1) is 8.25. The number of amides is 1. The fourth-order valence-corrected chi connectivity index (χ4v) is 1.20. The summed E-state index contributed by atoms with van der Waals surface area (Å²) in [4.78, 5) is 11.5. The topological polar surface area (TPSA) is 74.8 Å². The maximum atomic E-state index is 11.5. The van der Waals surface area contributed by atoms with Gasteiger partial charge in [0.1, 0.15) is 11.5 Å². The van der Waals surface area contributed by atoms with E-state index in [2.05, 4.69) is 10.5 Å². The third-order valence-electron chi connectivity index (χ3n) is 2.03. The molecule has 86 valence electrons. The predicted molar refractivity (Wildman–Crippen MR) is 61.9 cm³/mol. The number of benzene rings is 1. The molecule has 5 heteroatoms. The lowest BCUT2D eigenvalue weighted by Gasteiger charge is -1.99. The Morgan fingerprint density at radius 1 is 1.29 bits per heavy atom. The van der Waals surface area contributed by atoms with Crippen molar-refractivity contribution in [2.24, 2.45) is 5.10 Å². The van der Waals surface area contributed by atoms with Crippen LogP contribution in [0.1, 0.15) is 16.1 Å². The Morgan fingerprint density at radius 2 is 2.06 bits per heavy atom. The number of hydrogen-bond acceptors (Lipinski definition) is 4. The van der Waals surface area contributed by atoms with Gasteiger partial charge in [0, 0.05) is 5.56 Å². The zero-order valence-electron chi connectivity index (χ0n) is 8.83. The molecule has 1 aromatic heterocycles. The Bertz CT molecular complexity index is 515. The summed E-state index contributed by atoms with van der Waals surface area (Å²) < 4.78 is 5.00. The maximum absolute atomic E-state index is 11.5. The van der Waals surface area contributed by atoms with E-state index in [9.17, 15) is 4.79 Å². The summed E-state index contributed by atoms with van der Waals surface area (Å²) in [5, 5.41) is 12.8. The second-order valence-corrected chi connectivity index (χ2v) is 3.26.